The van der Waals surface area contributed by atoms with Gasteiger partial charge in [-0.05, 0) is 24.7 Å². The number of nitrogens with zero attached hydrogens (tertiary/aromatic N) is 2. The molecule has 1 aromatic carbocycles. The molecule has 22 heavy (non-hydrogen) atoms. The van der Waals surface area contributed by atoms with Gasteiger partial charge in [-0.2, -0.15) is 0 Å². The summed E-state index contributed by atoms with van der Waals surface area (Å²) >= 11 is 0. The van der Waals surface area contributed by atoms with Gasteiger partial charge in [-0.1, -0.05) is 12.1 Å². The Kier molecular flexibility index (Phi) is 5.51. The molecule has 0 aromatic heterocycles. The Morgan fingerprint density at radius 3 is 2.55 bits per heavy atom. The van der Waals surface area contributed by atoms with Crippen molar-refractivity contribution in [2.75, 3.05) is 40.8 Å². The number of hydrogen-bond donors (Lipinski definition) is 1. The van der Waals surface area contributed by atoms with Crippen LogP contribution < -0.4 is 5.32 Å². The molecule has 1 atom stereocenters. The fraction of sp³-hybridized carbons (Fsp3) is 0.500. The lowest BCUT2D eigenvalue weighted by Gasteiger charge is -2.38. The molecule has 1 heterocycles. The second-order valence-corrected chi connectivity index (χ2v) is 5.52. The molecule has 1 fully saturated rings. The van der Waals surface area contributed by atoms with Crippen molar-refractivity contribution in [3.05, 3.63) is 35.4 Å². The van der Waals surface area contributed by atoms with Crippen molar-refractivity contribution in [3.8, 4) is 0 Å². The molecular weight excluding hydrogens is 282 g/mol. The fourth-order valence-corrected chi connectivity index (χ4v) is 2.63. The molecule has 1 aliphatic rings. The van der Waals surface area contributed by atoms with Crippen molar-refractivity contribution in [1.29, 1.82) is 0 Å². The first-order valence-corrected chi connectivity index (χ1v) is 7.35. The molecule has 2 amide bonds. The molecule has 1 aromatic rings. The molecule has 0 bridgehead atoms. The van der Waals surface area contributed by atoms with E-state index in [0.717, 1.165) is 12.1 Å². The first-order valence-electron chi connectivity index (χ1n) is 7.35. The summed E-state index contributed by atoms with van der Waals surface area (Å²) in [6.45, 7) is 2.38. The van der Waals surface area contributed by atoms with Gasteiger partial charge < -0.3 is 19.9 Å². The topological polar surface area (TPSA) is 61.9 Å². The predicted molar refractivity (Wildman–Crippen MR) is 83.5 cm³/mol. The number of ether oxygens (including phenoxy) is 1. The summed E-state index contributed by atoms with van der Waals surface area (Å²) in [7, 11) is 5.19. The average Bonchev–Trinajstić information content (AvgIpc) is 2.54. The summed E-state index contributed by atoms with van der Waals surface area (Å²) in [6, 6.07) is 6.88. The number of nitrogens with one attached hydrogen (secondary N) is 1. The van der Waals surface area contributed by atoms with E-state index in [-0.39, 0.29) is 11.8 Å². The zero-order valence-electron chi connectivity index (χ0n) is 13.3. The lowest BCUT2D eigenvalue weighted by atomic mass is 10.1. The van der Waals surface area contributed by atoms with Crippen LogP contribution in [0.4, 0.5) is 0 Å². The fourth-order valence-electron chi connectivity index (χ4n) is 2.63. The third-order valence-corrected chi connectivity index (χ3v) is 3.91. The minimum absolute atomic E-state index is 0.106. The van der Waals surface area contributed by atoms with Gasteiger partial charge in [0.15, 0.2) is 0 Å². The number of hydrogen-bond acceptors (Lipinski definition) is 4. The third-order valence-electron chi connectivity index (χ3n) is 3.91. The molecule has 120 valence electrons. The summed E-state index contributed by atoms with van der Waals surface area (Å²) in [5.41, 5.74) is 1.61. The van der Waals surface area contributed by atoms with Gasteiger partial charge in [0.1, 0.15) is 6.04 Å². The van der Waals surface area contributed by atoms with Gasteiger partial charge in [0.25, 0.3) is 5.91 Å². The molecule has 1 N–H and O–H groups in total. The van der Waals surface area contributed by atoms with Crippen LogP contribution in [0.2, 0.25) is 0 Å². The first-order chi connectivity index (χ1) is 10.6. The van der Waals surface area contributed by atoms with Crippen LogP contribution in [-0.2, 0) is 16.1 Å². The predicted octanol–water partition coefficient (Wildman–Crippen LogP) is 0.335. The van der Waals surface area contributed by atoms with E-state index < -0.39 is 6.04 Å². The summed E-state index contributed by atoms with van der Waals surface area (Å²) < 4.78 is 5.07. The maximum Gasteiger partial charge on any atom is 0.254 e. The van der Waals surface area contributed by atoms with E-state index in [0.29, 0.717) is 25.3 Å². The first kappa shape index (κ1) is 16.5. The van der Waals surface area contributed by atoms with E-state index >= 15 is 0 Å². The maximum atomic E-state index is 12.7. The van der Waals surface area contributed by atoms with Crippen LogP contribution in [0, 0.1) is 0 Å². The Labute approximate surface area is 131 Å². The molecule has 0 spiro atoms. The van der Waals surface area contributed by atoms with E-state index in [2.05, 4.69) is 10.2 Å². The Hall–Kier alpha value is -1.92. The van der Waals surface area contributed by atoms with E-state index in [1.54, 1.807) is 31.2 Å². The van der Waals surface area contributed by atoms with Gasteiger partial charge in [0.2, 0.25) is 5.91 Å². The van der Waals surface area contributed by atoms with Gasteiger partial charge in [-0.15, -0.1) is 0 Å². The number of benzene rings is 1. The third kappa shape index (κ3) is 3.64. The highest BCUT2D eigenvalue weighted by atomic mass is 16.5. The van der Waals surface area contributed by atoms with E-state index in [1.165, 1.54) is 0 Å². The molecule has 1 unspecified atom stereocenters. The van der Waals surface area contributed by atoms with Crippen LogP contribution >= 0.6 is 0 Å². The largest absolute Gasteiger partial charge is 0.380 e. The van der Waals surface area contributed by atoms with E-state index in [1.807, 2.05) is 19.2 Å². The van der Waals surface area contributed by atoms with Gasteiger partial charge in [-0.3, -0.25) is 9.59 Å². The van der Waals surface area contributed by atoms with Crippen LogP contribution in [0.3, 0.4) is 0 Å². The summed E-state index contributed by atoms with van der Waals surface area (Å²) in [5.74, 6) is -0.235. The minimum Gasteiger partial charge on any atom is -0.380 e. The van der Waals surface area contributed by atoms with Crippen molar-refractivity contribution >= 4 is 11.8 Å². The number of piperazine rings is 1. The molecule has 0 radical (unpaired) electrons. The molecule has 2 rings (SSSR count). The molecule has 6 nitrogen and oxygen atoms in total. The van der Waals surface area contributed by atoms with Crippen molar-refractivity contribution in [2.24, 2.45) is 0 Å². The van der Waals surface area contributed by atoms with Crippen LogP contribution in [0.25, 0.3) is 0 Å². The normalized spacial score (nSPS) is 19.0. The van der Waals surface area contributed by atoms with Crippen LogP contribution in [0.5, 0.6) is 0 Å². The number of rotatable bonds is 4. The van der Waals surface area contributed by atoms with Crippen LogP contribution in [-0.4, -0.2) is 68.5 Å². The van der Waals surface area contributed by atoms with Crippen LogP contribution in [0.15, 0.2) is 24.3 Å². The number of carbonyl (C=O) groups is 2. The standard InChI is InChI=1S/C16H23N3O3/c1-17-15(20)14-10-18(2)8-9-19(14)16(21)13-6-4-12(5-7-13)11-22-3/h4-7,14H,8-11H2,1-3H3,(H,17,20). The number of carbonyl (C=O) groups excluding carboxylic acids is 2. The van der Waals surface area contributed by atoms with Crippen LogP contribution in [0.1, 0.15) is 15.9 Å². The van der Waals surface area contributed by atoms with Crippen molar-refractivity contribution in [2.45, 2.75) is 12.6 Å². The second kappa shape index (κ2) is 7.38. The lowest BCUT2D eigenvalue weighted by Crippen LogP contribution is -2.59. The van der Waals surface area contributed by atoms with Gasteiger partial charge in [0, 0.05) is 39.4 Å². The molecule has 1 aliphatic heterocycles. The maximum absolute atomic E-state index is 12.7. The average molecular weight is 305 g/mol. The molecule has 1 saturated heterocycles. The summed E-state index contributed by atoms with van der Waals surface area (Å²) in [4.78, 5) is 28.5. The Bertz CT molecular complexity index is 530. The monoisotopic (exact) mass is 305 g/mol. The highest BCUT2D eigenvalue weighted by molar-refractivity contribution is 5.97. The molecule has 0 saturated carbocycles. The number of likely N-dealkylation sites (N-methyl/N-ethyl adjacent to an activating group) is 2. The number of methoxy groups -OCH3 is 1. The molecular formula is C16H23N3O3. The summed E-state index contributed by atoms with van der Waals surface area (Å²) in [5, 5.41) is 2.64. The van der Waals surface area contributed by atoms with Crippen molar-refractivity contribution in [1.82, 2.24) is 15.1 Å². The minimum atomic E-state index is -0.449. The highest BCUT2D eigenvalue weighted by Gasteiger charge is 2.34. The molecule has 0 aliphatic carbocycles. The highest BCUT2D eigenvalue weighted by Crippen LogP contribution is 2.15. The SMILES string of the molecule is CNC(=O)C1CN(C)CCN1C(=O)c1ccc(COC)cc1. The van der Waals surface area contributed by atoms with Gasteiger partial charge >= 0.3 is 0 Å². The smallest absolute Gasteiger partial charge is 0.254 e. The zero-order valence-corrected chi connectivity index (χ0v) is 13.3. The van der Waals surface area contributed by atoms with Crippen molar-refractivity contribution in [3.63, 3.8) is 0 Å². The zero-order chi connectivity index (χ0) is 16.1. The quantitative estimate of drug-likeness (QED) is 0.871. The van der Waals surface area contributed by atoms with Gasteiger partial charge in [0.05, 0.1) is 6.61 Å². The second-order valence-electron chi connectivity index (χ2n) is 5.52. The lowest BCUT2D eigenvalue weighted by molar-refractivity contribution is -0.126. The van der Waals surface area contributed by atoms with Gasteiger partial charge in [-0.25, -0.2) is 0 Å². The Morgan fingerprint density at radius 2 is 1.95 bits per heavy atom. The molecule has 6 heteroatoms. The Morgan fingerprint density at radius 1 is 1.27 bits per heavy atom. The summed E-state index contributed by atoms with van der Waals surface area (Å²) in [6.07, 6.45) is 0. The number of amides is 2. The van der Waals surface area contributed by atoms with E-state index in [4.69, 9.17) is 4.74 Å². The Balaban J connectivity index is 2.16. The van der Waals surface area contributed by atoms with Crippen molar-refractivity contribution < 1.29 is 14.3 Å². The van der Waals surface area contributed by atoms with E-state index in [9.17, 15) is 9.59 Å².